The number of aromatic amines is 1. The fraction of sp³-hybridized carbons (Fsp3) is 0.522. The number of hydrogen-bond donors (Lipinski definition) is 4. The molecule has 32 heavy (non-hydrogen) atoms. The van der Waals surface area contributed by atoms with Crippen molar-refractivity contribution in [1.82, 2.24) is 15.6 Å². The third-order valence-electron chi connectivity index (χ3n) is 4.84. The van der Waals surface area contributed by atoms with Crippen LogP contribution >= 0.6 is 0 Å². The number of rotatable bonds is 10. The van der Waals surface area contributed by atoms with Gasteiger partial charge in [-0.05, 0) is 58.1 Å². The predicted octanol–water partition coefficient (Wildman–Crippen LogP) is 2.39. The van der Waals surface area contributed by atoms with E-state index in [1.54, 1.807) is 20.8 Å². The van der Waals surface area contributed by atoms with Crippen molar-refractivity contribution in [3.63, 3.8) is 0 Å². The molecule has 0 bridgehead atoms. The zero-order chi connectivity index (χ0) is 23.7. The first-order valence-electron chi connectivity index (χ1n) is 10.8. The molecule has 1 aromatic heterocycles. The number of ether oxygens (including phenoxy) is 2. The van der Waals surface area contributed by atoms with Crippen molar-refractivity contribution in [2.45, 2.75) is 64.1 Å². The third-order valence-corrected chi connectivity index (χ3v) is 4.84. The summed E-state index contributed by atoms with van der Waals surface area (Å²) in [6.07, 6.45) is 3.27. The zero-order valence-electron chi connectivity index (χ0n) is 19.2. The Bertz CT molecular complexity index is 918. The highest BCUT2D eigenvalue weighted by atomic mass is 16.6. The Kier molecular flexibility index (Phi) is 9.07. The maximum atomic E-state index is 12.6. The topological polar surface area (TPSA) is 136 Å². The largest absolute Gasteiger partial charge is 0.467 e. The van der Waals surface area contributed by atoms with Crippen LogP contribution in [0.3, 0.4) is 0 Å². The number of para-hydroxylation sites is 1. The highest BCUT2D eigenvalue weighted by molar-refractivity contribution is 5.89. The van der Waals surface area contributed by atoms with Gasteiger partial charge in [0.15, 0.2) is 0 Å². The summed E-state index contributed by atoms with van der Waals surface area (Å²) >= 11 is 0. The molecule has 0 aliphatic heterocycles. The molecule has 0 aliphatic rings. The summed E-state index contributed by atoms with van der Waals surface area (Å²) < 4.78 is 9.99. The van der Waals surface area contributed by atoms with Crippen molar-refractivity contribution in [1.29, 1.82) is 0 Å². The van der Waals surface area contributed by atoms with Crippen molar-refractivity contribution in [3.05, 3.63) is 36.0 Å². The zero-order valence-corrected chi connectivity index (χ0v) is 19.2. The number of methoxy groups -OCH3 is 1. The van der Waals surface area contributed by atoms with Crippen molar-refractivity contribution in [2.24, 2.45) is 5.73 Å². The lowest BCUT2D eigenvalue weighted by atomic mass is 10.0. The van der Waals surface area contributed by atoms with Crippen LogP contribution in [-0.2, 0) is 25.5 Å². The fourth-order valence-electron chi connectivity index (χ4n) is 3.28. The fourth-order valence-corrected chi connectivity index (χ4v) is 3.28. The molecule has 0 radical (unpaired) electrons. The van der Waals surface area contributed by atoms with Crippen molar-refractivity contribution >= 4 is 28.9 Å². The summed E-state index contributed by atoms with van der Waals surface area (Å²) in [6, 6.07) is 6.16. The van der Waals surface area contributed by atoms with E-state index in [4.69, 9.17) is 15.2 Å². The maximum Gasteiger partial charge on any atom is 0.407 e. The van der Waals surface area contributed by atoms with Crippen LogP contribution in [0.2, 0.25) is 0 Å². The highest BCUT2D eigenvalue weighted by Gasteiger charge is 2.25. The highest BCUT2D eigenvalue weighted by Crippen LogP contribution is 2.19. The average molecular weight is 447 g/mol. The molecule has 2 atom stereocenters. The van der Waals surface area contributed by atoms with Gasteiger partial charge in [0.1, 0.15) is 11.6 Å². The van der Waals surface area contributed by atoms with E-state index < -0.39 is 35.7 Å². The molecule has 0 aliphatic carbocycles. The van der Waals surface area contributed by atoms with Gasteiger partial charge in [-0.1, -0.05) is 18.2 Å². The van der Waals surface area contributed by atoms with Crippen molar-refractivity contribution in [3.8, 4) is 0 Å². The number of alkyl carbamates (subject to hydrolysis) is 1. The van der Waals surface area contributed by atoms with E-state index in [0.717, 1.165) is 16.5 Å². The number of H-pyrrole nitrogens is 1. The molecule has 2 aromatic rings. The van der Waals surface area contributed by atoms with Crippen LogP contribution in [0.25, 0.3) is 10.9 Å². The number of carbonyl (C=O) groups excluding carboxylic acids is 3. The number of hydrogen-bond acceptors (Lipinski definition) is 6. The molecule has 0 saturated carbocycles. The molecule has 1 aromatic carbocycles. The number of esters is 1. The van der Waals surface area contributed by atoms with E-state index in [9.17, 15) is 14.4 Å². The lowest BCUT2D eigenvalue weighted by molar-refractivity contribution is -0.145. The molecule has 0 saturated heterocycles. The molecule has 0 unspecified atom stereocenters. The molecule has 9 nitrogen and oxygen atoms in total. The van der Waals surface area contributed by atoms with Gasteiger partial charge >= 0.3 is 12.1 Å². The first-order chi connectivity index (χ1) is 15.1. The van der Waals surface area contributed by atoms with Gasteiger partial charge < -0.3 is 30.8 Å². The number of fused-ring (bicyclic) bond motifs is 1. The molecular weight excluding hydrogens is 412 g/mol. The lowest BCUT2D eigenvalue weighted by Crippen LogP contribution is -2.49. The summed E-state index contributed by atoms with van der Waals surface area (Å²) in [7, 11) is 1.28. The summed E-state index contributed by atoms with van der Waals surface area (Å²) in [4.78, 5) is 39.6. The molecule has 5 N–H and O–H groups in total. The second kappa shape index (κ2) is 11.5. The Morgan fingerprint density at radius 3 is 2.56 bits per heavy atom. The van der Waals surface area contributed by atoms with Crippen LogP contribution in [0.1, 0.15) is 45.6 Å². The van der Waals surface area contributed by atoms with E-state index in [-0.39, 0.29) is 0 Å². The summed E-state index contributed by atoms with van der Waals surface area (Å²) in [5.41, 5.74) is 7.46. The van der Waals surface area contributed by atoms with Gasteiger partial charge in [-0.3, -0.25) is 4.79 Å². The Balaban J connectivity index is 1.82. The number of nitrogens with one attached hydrogen (secondary N) is 3. The molecule has 2 rings (SSSR count). The van der Waals surface area contributed by atoms with Crippen LogP contribution < -0.4 is 16.4 Å². The summed E-state index contributed by atoms with van der Waals surface area (Å²) in [5.74, 6) is -0.949. The molecule has 0 spiro atoms. The number of carbonyl (C=O) groups is 3. The monoisotopic (exact) mass is 446 g/mol. The van der Waals surface area contributed by atoms with Crippen LogP contribution in [0, 0.1) is 0 Å². The van der Waals surface area contributed by atoms with E-state index in [2.05, 4.69) is 15.6 Å². The Morgan fingerprint density at radius 2 is 1.88 bits per heavy atom. The van der Waals surface area contributed by atoms with Crippen molar-refractivity contribution < 1.29 is 23.9 Å². The van der Waals surface area contributed by atoms with Crippen LogP contribution in [0.4, 0.5) is 4.79 Å². The minimum Gasteiger partial charge on any atom is -0.467 e. The maximum absolute atomic E-state index is 12.6. The van der Waals surface area contributed by atoms with Gasteiger partial charge in [0.25, 0.3) is 0 Å². The Morgan fingerprint density at radius 1 is 1.16 bits per heavy atom. The normalized spacial score (nSPS) is 13.3. The minimum absolute atomic E-state index is 0.337. The number of benzene rings is 1. The van der Waals surface area contributed by atoms with Crippen LogP contribution in [0.5, 0.6) is 0 Å². The Hall–Kier alpha value is -3.07. The number of nitrogens with two attached hydrogens (primary N) is 1. The second-order valence-corrected chi connectivity index (χ2v) is 8.68. The van der Waals surface area contributed by atoms with Gasteiger partial charge in [0.2, 0.25) is 5.91 Å². The smallest absolute Gasteiger partial charge is 0.407 e. The SMILES string of the molecule is COC(=O)[C@H](CCCCNC(=O)OC(C)(C)C)NC(=O)[C@H](N)Cc1c[nH]c2ccccc12. The molecule has 0 fully saturated rings. The molecule has 9 heteroatoms. The minimum atomic E-state index is -0.810. The van der Waals surface area contributed by atoms with E-state index in [0.29, 0.717) is 32.2 Å². The van der Waals surface area contributed by atoms with Gasteiger partial charge in [0.05, 0.1) is 13.2 Å². The number of unbranched alkanes of at least 4 members (excludes halogenated alkanes) is 1. The van der Waals surface area contributed by atoms with Gasteiger partial charge in [0, 0.05) is 23.6 Å². The van der Waals surface area contributed by atoms with Crippen molar-refractivity contribution in [2.75, 3.05) is 13.7 Å². The number of amides is 2. The van der Waals surface area contributed by atoms with Crippen LogP contribution in [-0.4, -0.2) is 54.3 Å². The molecule has 176 valence electrons. The van der Waals surface area contributed by atoms with Gasteiger partial charge in [-0.25, -0.2) is 9.59 Å². The predicted molar refractivity (Wildman–Crippen MR) is 122 cm³/mol. The molecular formula is C23H34N4O5. The summed E-state index contributed by atoms with van der Waals surface area (Å²) in [5, 5.41) is 6.38. The second-order valence-electron chi connectivity index (χ2n) is 8.68. The molecule has 1 heterocycles. The lowest BCUT2D eigenvalue weighted by Gasteiger charge is -2.20. The van der Waals surface area contributed by atoms with Gasteiger partial charge in [-0.2, -0.15) is 0 Å². The first-order valence-corrected chi connectivity index (χ1v) is 10.8. The first kappa shape index (κ1) is 25.2. The van der Waals surface area contributed by atoms with Gasteiger partial charge in [-0.15, -0.1) is 0 Å². The standard InChI is InChI=1S/C23H34N4O5/c1-23(2,3)32-22(30)25-12-8-7-11-19(21(29)31-4)27-20(28)17(24)13-15-14-26-18-10-6-5-9-16(15)18/h5-6,9-10,14,17,19,26H,7-8,11-13,24H2,1-4H3,(H,25,30)(H,27,28)/t17-,19+/m1/s1. The third kappa shape index (κ3) is 7.88. The molecule has 2 amide bonds. The summed E-state index contributed by atoms with van der Waals surface area (Å²) in [6.45, 7) is 5.77. The average Bonchev–Trinajstić information content (AvgIpc) is 3.13. The van der Waals surface area contributed by atoms with E-state index in [1.165, 1.54) is 7.11 Å². The quantitative estimate of drug-likeness (QED) is 0.327. The number of aromatic nitrogens is 1. The Labute approximate surface area is 188 Å². The van der Waals surface area contributed by atoms with Crippen LogP contribution in [0.15, 0.2) is 30.5 Å². The van der Waals surface area contributed by atoms with E-state index in [1.807, 2.05) is 30.5 Å². The van der Waals surface area contributed by atoms with E-state index >= 15 is 0 Å².